The zero-order valence-electron chi connectivity index (χ0n) is 5.44. The van der Waals surface area contributed by atoms with E-state index in [1.807, 2.05) is 0 Å². The van der Waals surface area contributed by atoms with Crippen molar-refractivity contribution in [2.75, 3.05) is 0 Å². The maximum absolute atomic E-state index is 11.3. The van der Waals surface area contributed by atoms with Crippen LogP contribution in [0.5, 0.6) is 0 Å². The van der Waals surface area contributed by atoms with Crippen molar-refractivity contribution in [1.82, 2.24) is 0 Å². The monoisotopic (exact) mass is 209 g/mol. The van der Waals surface area contributed by atoms with Gasteiger partial charge in [0, 0.05) is 23.1 Å². The fourth-order valence-electron chi connectivity index (χ4n) is 0.272. The first-order valence-corrected chi connectivity index (χ1v) is 2.32. The van der Waals surface area contributed by atoms with Crippen LogP contribution in [0.2, 0.25) is 0 Å². The number of hydrogen-bond acceptors (Lipinski definition) is 2. The van der Waals surface area contributed by atoms with Gasteiger partial charge in [-0.2, -0.15) is 13.2 Å². The summed E-state index contributed by atoms with van der Waals surface area (Å²) in [5.74, 6) is -2.70. The summed E-state index contributed by atoms with van der Waals surface area (Å²) >= 11 is 0. The molecular weight excluding hydrogens is 204 g/mol. The van der Waals surface area contributed by atoms with E-state index < -0.39 is 17.7 Å². The van der Waals surface area contributed by atoms with Gasteiger partial charge < -0.3 is 5.11 Å². The summed E-state index contributed by atoms with van der Waals surface area (Å²) in [5.41, 5.74) is 0. The van der Waals surface area contributed by atoms with Gasteiger partial charge >= 0.3 is 6.18 Å². The Labute approximate surface area is 71.6 Å². The van der Waals surface area contributed by atoms with Gasteiger partial charge in [-0.3, -0.25) is 4.79 Å². The molecule has 6 heteroatoms. The van der Waals surface area contributed by atoms with Gasteiger partial charge in [-0.05, 0) is 6.92 Å². The van der Waals surface area contributed by atoms with Crippen LogP contribution >= 0.6 is 0 Å². The van der Waals surface area contributed by atoms with Crippen molar-refractivity contribution in [3.8, 4) is 0 Å². The summed E-state index contributed by atoms with van der Waals surface area (Å²) in [7, 11) is 0. The Kier molecular flexibility index (Phi) is 5.26. The molecule has 65 valence electrons. The summed E-state index contributed by atoms with van der Waals surface area (Å²) in [6, 6.07) is 0. The van der Waals surface area contributed by atoms with Crippen LogP contribution in [-0.2, 0) is 21.9 Å². The fourth-order valence-corrected chi connectivity index (χ4v) is 0.272. The molecule has 2 nitrogen and oxygen atoms in total. The first-order valence-electron chi connectivity index (χ1n) is 2.32. The summed E-state index contributed by atoms with van der Waals surface area (Å²) in [5, 5.41) is 8.23. The zero-order chi connectivity index (χ0) is 8.36. The Morgan fingerprint density at radius 3 is 1.91 bits per heavy atom. The van der Waals surface area contributed by atoms with E-state index >= 15 is 0 Å². The number of aliphatic hydroxyl groups excluding tert-OH is 1. The van der Waals surface area contributed by atoms with Crippen LogP contribution in [0.3, 0.4) is 0 Å². The van der Waals surface area contributed by atoms with E-state index in [1.54, 1.807) is 0 Å². The Morgan fingerprint density at radius 2 is 1.82 bits per heavy atom. The number of carbonyl (C=O) groups excluding carboxylic acids is 1. The Bertz CT molecular complexity index is 169. The molecule has 0 spiro atoms. The molecule has 0 fully saturated rings. The Hall–Kier alpha value is -0.481. The van der Waals surface area contributed by atoms with Crippen molar-refractivity contribution in [3.05, 3.63) is 11.8 Å². The molecule has 0 aromatic carbocycles. The molecule has 0 saturated heterocycles. The molecule has 0 heterocycles. The summed E-state index contributed by atoms with van der Waals surface area (Å²) in [4.78, 5) is 9.91. The minimum atomic E-state index is -4.88. The van der Waals surface area contributed by atoms with Crippen LogP contribution in [0.4, 0.5) is 13.2 Å². The largest absolute Gasteiger partial charge is 0.512 e. The maximum Gasteiger partial charge on any atom is 0.454 e. The van der Waals surface area contributed by atoms with Crippen molar-refractivity contribution in [2.45, 2.75) is 13.1 Å². The second-order valence-electron chi connectivity index (χ2n) is 1.65. The Morgan fingerprint density at radius 1 is 1.45 bits per heavy atom. The molecule has 0 atom stereocenters. The molecule has 0 aliphatic carbocycles. The van der Waals surface area contributed by atoms with Gasteiger partial charge in [-0.15, -0.1) is 0 Å². The molecule has 0 saturated carbocycles. The predicted octanol–water partition coefficient (Wildman–Crippen LogP) is 1.58. The maximum atomic E-state index is 11.3. The zero-order valence-corrected chi connectivity index (χ0v) is 6.63. The van der Waals surface area contributed by atoms with Crippen molar-refractivity contribution >= 4 is 5.78 Å². The number of halogens is 3. The van der Waals surface area contributed by atoms with Gasteiger partial charge in [-0.1, -0.05) is 0 Å². The Balaban J connectivity index is 0. The third-order valence-electron chi connectivity index (χ3n) is 0.619. The minimum Gasteiger partial charge on any atom is -0.512 e. The minimum absolute atomic E-state index is 0. The van der Waals surface area contributed by atoms with Gasteiger partial charge in [0.05, 0.1) is 5.76 Å². The van der Waals surface area contributed by atoms with E-state index in [1.165, 1.54) is 0 Å². The van der Waals surface area contributed by atoms with E-state index in [0.29, 0.717) is 0 Å². The SMILES string of the molecule is C/C(O)=C/C(=O)C(F)(F)F.[Mn]. The summed E-state index contributed by atoms with van der Waals surface area (Å²) < 4.78 is 33.9. The first kappa shape index (κ1) is 13.1. The molecule has 0 aliphatic heterocycles. The first-order chi connectivity index (χ1) is 4.34. The van der Waals surface area contributed by atoms with Crippen molar-refractivity contribution in [1.29, 1.82) is 0 Å². The van der Waals surface area contributed by atoms with E-state index in [2.05, 4.69) is 0 Å². The van der Waals surface area contributed by atoms with E-state index in [-0.39, 0.29) is 23.1 Å². The van der Waals surface area contributed by atoms with Crippen LogP contribution in [-0.4, -0.2) is 17.1 Å². The van der Waals surface area contributed by atoms with Gasteiger partial charge in [0.1, 0.15) is 0 Å². The van der Waals surface area contributed by atoms with E-state index in [4.69, 9.17) is 5.11 Å². The number of rotatable bonds is 1. The average Bonchev–Trinajstić information content (AvgIpc) is 1.60. The summed E-state index contributed by atoms with van der Waals surface area (Å²) in [6.45, 7) is 0.990. The number of ketones is 1. The quantitative estimate of drug-likeness (QED) is 0.404. The second-order valence-corrected chi connectivity index (χ2v) is 1.65. The fraction of sp³-hybridized carbons (Fsp3) is 0.400. The molecule has 0 aromatic rings. The number of allylic oxidation sites excluding steroid dienone is 2. The molecular formula is C5H5F3MnO2. The van der Waals surface area contributed by atoms with Crippen molar-refractivity contribution in [2.24, 2.45) is 0 Å². The number of carbonyl (C=O) groups is 1. The van der Waals surface area contributed by atoms with Gasteiger partial charge in [0.15, 0.2) is 0 Å². The molecule has 11 heavy (non-hydrogen) atoms. The van der Waals surface area contributed by atoms with Crippen LogP contribution in [0.1, 0.15) is 6.92 Å². The second kappa shape index (κ2) is 4.41. The summed E-state index contributed by atoms with van der Waals surface area (Å²) in [6.07, 6.45) is -4.76. The molecule has 0 unspecified atom stereocenters. The van der Waals surface area contributed by atoms with Crippen molar-refractivity contribution in [3.63, 3.8) is 0 Å². The third-order valence-corrected chi connectivity index (χ3v) is 0.619. The van der Waals surface area contributed by atoms with E-state index in [9.17, 15) is 18.0 Å². The standard InChI is InChI=1S/C5H5F3O2.Mn/c1-3(9)2-4(10)5(6,7)8;/h2,9H,1H3;/b3-2-;. The van der Waals surface area contributed by atoms with Gasteiger partial charge in [0.2, 0.25) is 0 Å². The predicted molar refractivity (Wildman–Crippen MR) is 27.4 cm³/mol. The van der Waals surface area contributed by atoms with Crippen LogP contribution < -0.4 is 0 Å². The molecule has 1 radical (unpaired) electrons. The van der Waals surface area contributed by atoms with Gasteiger partial charge in [-0.25, -0.2) is 0 Å². The van der Waals surface area contributed by atoms with Crippen LogP contribution in [0.25, 0.3) is 0 Å². The molecule has 0 rings (SSSR count). The normalized spacial score (nSPS) is 12.2. The molecule has 1 N–H and O–H groups in total. The number of alkyl halides is 3. The molecule has 0 bridgehead atoms. The smallest absolute Gasteiger partial charge is 0.454 e. The number of hydrogen-bond donors (Lipinski definition) is 1. The van der Waals surface area contributed by atoms with Crippen LogP contribution in [0.15, 0.2) is 11.8 Å². The number of aliphatic hydroxyl groups is 1. The molecule has 0 aromatic heterocycles. The topological polar surface area (TPSA) is 37.3 Å². The van der Waals surface area contributed by atoms with Crippen molar-refractivity contribution < 1.29 is 40.1 Å². The molecule has 0 amide bonds. The average molecular weight is 209 g/mol. The van der Waals surface area contributed by atoms with Gasteiger partial charge in [0.25, 0.3) is 5.78 Å². The third kappa shape index (κ3) is 5.94. The van der Waals surface area contributed by atoms with E-state index in [0.717, 1.165) is 6.92 Å². The van der Waals surface area contributed by atoms with Crippen LogP contribution in [0, 0.1) is 0 Å². The molecule has 0 aliphatic rings.